The van der Waals surface area contributed by atoms with Gasteiger partial charge < -0.3 is 10.2 Å². The summed E-state index contributed by atoms with van der Waals surface area (Å²) in [4.78, 5) is 10.6. The Kier molecular flexibility index (Phi) is 3.23. The number of anilines is 2. The molecule has 88 valence electrons. The molecule has 0 aliphatic heterocycles. The second-order valence-electron chi connectivity index (χ2n) is 4.36. The number of nitrogens with zero attached hydrogens (tertiary/aromatic N) is 3. The van der Waals surface area contributed by atoms with E-state index in [-0.39, 0.29) is 0 Å². The van der Waals surface area contributed by atoms with Crippen LogP contribution in [0.15, 0.2) is 12.4 Å². The van der Waals surface area contributed by atoms with Crippen molar-refractivity contribution in [3.8, 4) is 0 Å². The van der Waals surface area contributed by atoms with Crippen LogP contribution < -0.4 is 10.2 Å². The highest BCUT2D eigenvalue weighted by Crippen LogP contribution is 2.47. The van der Waals surface area contributed by atoms with Gasteiger partial charge in [0, 0.05) is 37.8 Å². The smallest absolute Gasteiger partial charge is 0.171 e. The number of nitrogens with one attached hydrogen (secondary N) is 1. The lowest BCUT2D eigenvalue weighted by molar-refractivity contribution is 0.929. The minimum atomic E-state index is 0.446. The molecule has 1 aliphatic rings. The summed E-state index contributed by atoms with van der Waals surface area (Å²) in [5.74, 6) is 1.78. The lowest BCUT2D eigenvalue weighted by Gasteiger charge is -2.18. The predicted molar refractivity (Wildman–Crippen MR) is 70.3 cm³/mol. The Morgan fingerprint density at radius 3 is 2.62 bits per heavy atom. The molecule has 1 heterocycles. The van der Waals surface area contributed by atoms with Gasteiger partial charge in [-0.15, -0.1) is 0 Å². The first kappa shape index (κ1) is 11.5. The van der Waals surface area contributed by atoms with E-state index in [1.807, 2.05) is 30.8 Å². The standard InChI is InChI=1S/C11H18N4S/c1-15(2)10-9(12-6-7-13-10)14-8-11(16-3)4-5-11/h6-7H,4-5,8H2,1-3H3,(H,12,14). The molecule has 16 heavy (non-hydrogen) atoms. The summed E-state index contributed by atoms with van der Waals surface area (Å²) in [7, 11) is 3.97. The minimum absolute atomic E-state index is 0.446. The number of thioether (sulfide) groups is 1. The molecule has 1 aromatic rings. The van der Waals surface area contributed by atoms with Crippen molar-refractivity contribution in [1.82, 2.24) is 9.97 Å². The van der Waals surface area contributed by atoms with Gasteiger partial charge in [-0.05, 0) is 19.1 Å². The van der Waals surface area contributed by atoms with Gasteiger partial charge in [0.2, 0.25) is 0 Å². The Bertz CT molecular complexity index is 363. The Hall–Kier alpha value is -0.970. The number of hydrogen-bond donors (Lipinski definition) is 1. The van der Waals surface area contributed by atoms with Crippen LogP contribution in [0.5, 0.6) is 0 Å². The molecule has 0 bridgehead atoms. The van der Waals surface area contributed by atoms with E-state index in [4.69, 9.17) is 0 Å². The van der Waals surface area contributed by atoms with Crippen LogP contribution in [-0.4, -0.2) is 41.6 Å². The van der Waals surface area contributed by atoms with E-state index in [0.717, 1.165) is 18.2 Å². The van der Waals surface area contributed by atoms with Crippen LogP contribution in [0.4, 0.5) is 11.6 Å². The topological polar surface area (TPSA) is 41.1 Å². The van der Waals surface area contributed by atoms with E-state index in [9.17, 15) is 0 Å². The summed E-state index contributed by atoms with van der Waals surface area (Å²) in [6.45, 7) is 0.980. The Morgan fingerprint density at radius 2 is 2.06 bits per heavy atom. The molecule has 2 rings (SSSR count). The second-order valence-corrected chi connectivity index (χ2v) is 5.64. The van der Waals surface area contributed by atoms with E-state index in [2.05, 4.69) is 21.5 Å². The van der Waals surface area contributed by atoms with E-state index < -0.39 is 0 Å². The highest BCUT2D eigenvalue weighted by atomic mass is 32.2. The zero-order valence-corrected chi connectivity index (χ0v) is 10.8. The van der Waals surface area contributed by atoms with Gasteiger partial charge in [-0.25, -0.2) is 9.97 Å². The maximum absolute atomic E-state index is 4.34. The molecule has 1 aliphatic carbocycles. The van der Waals surface area contributed by atoms with Crippen LogP contribution in [0, 0.1) is 0 Å². The van der Waals surface area contributed by atoms with Crippen LogP contribution in [0.25, 0.3) is 0 Å². The molecule has 0 unspecified atom stereocenters. The van der Waals surface area contributed by atoms with Crippen LogP contribution in [0.2, 0.25) is 0 Å². The van der Waals surface area contributed by atoms with Crippen LogP contribution >= 0.6 is 11.8 Å². The van der Waals surface area contributed by atoms with Crippen molar-refractivity contribution in [1.29, 1.82) is 0 Å². The first-order chi connectivity index (χ1) is 7.67. The molecule has 1 N–H and O–H groups in total. The molecular formula is C11H18N4S. The molecule has 1 saturated carbocycles. The summed E-state index contributed by atoms with van der Waals surface area (Å²) in [6, 6.07) is 0. The SMILES string of the molecule is CSC1(CNc2nccnc2N(C)C)CC1. The fraction of sp³-hybridized carbons (Fsp3) is 0.636. The van der Waals surface area contributed by atoms with E-state index in [1.54, 1.807) is 12.4 Å². The lowest BCUT2D eigenvalue weighted by atomic mass is 10.4. The highest BCUT2D eigenvalue weighted by Gasteiger charge is 2.41. The molecule has 0 spiro atoms. The molecule has 5 heteroatoms. The van der Waals surface area contributed by atoms with Crippen molar-refractivity contribution in [2.75, 3.05) is 37.1 Å². The average molecular weight is 238 g/mol. The van der Waals surface area contributed by atoms with Crippen molar-refractivity contribution < 1.29 is 0 Å². The third-order valence-corrected chi connectivity index (χ3v) is 4.34. The molecule has 0 atom stereocenters. The lowest BCUT2D eigenvalue weighted by Crippen LogP contribution is -2.21. The fourth-order valence-electron chi connectivity index (χ4n) is 1.62. The first-order valence-corrected chi connectivity index (χ1v) is 6.67. The molecule has 4 nitrogen and oxygen atoms in total. The van der Waals surface area contributed by atoms with Crippen molar-refractivity contribution in [3.63, 3.8) is 0 Å². The van der Waals surface area contributed by atoms with Crippen molar-refractivity contribution in [2.45, 2.75) is 17.6 Å². The summed E-state index contributed by atoms with van der Waals surface area (Å²) < 4.78 is 0.446. The van der Waals surface area contributed by atoms with Crippen LogP contribution in [-0.2, 0) is 0 Å². The van der Waals surface area contributed by atoms with Gasteiger partial charge in [0.1, 0.15) is 0 Å². The molecule has 0 aromatic carbocycles. The van der Waals surface area contributed by atoms with Gasteiger partial charge in [-0.2, -0.15) is 11.8 Å². The number of aromatic nitrogens is 2. The zero-order valence-electron chi connectivity index (χ0n) is 10.0. The molecule has 1 fully saturated rings. The van der Waals surface area contributed by atoms with Crippen molar-refractivity contribution in [3.05, 3.63) is 12.4 Å². The Morgan fingerprint density at radius 1 is 1.38 bits per heavy atom. The summed E-state index contributed by atoms with van der Waals surface area (Å²) in [5.41, 5.74) is 0. The highest BCUT2D eigenvalue weighted by molar-refractivity contribution is 8.00. The average Bonchev–Trinajstić information content (AvgIpc) is 3.07. The maximum atomic E-state index is 4.34. The molecule has 1 aromatic heterocycles. The Balaban J connectivity index is 2.03. The monoisotopic (exact) mass is 238 g/mol. The van der Waals surface area contributed by atoms with Gasteiger partial charge in [0.05, 0.1) is 0 Å². The zero-order chi connectivity index (χ0) is 11.6. The first-order valence-electron chi connectivity index (χ1n) is 5.44. The minimum Gasteiger partial charge on any atom is -0.366 e. The van der Waals surface area contributed by atoms with Gasteiger partial charge >= 0.3 is 0 Å². The molecular weight excluding hydrogens is 220 g/mol. The summed E-state index contributed by atoms with van der Waals surface area (Å²) in [6.07, 6.45) is 8.24. The van der Waals surface area contributed by atoms with Gasteiger partial charge in [-0.3, -0.25) is 0 Å². The maximum Gasteiger partial charge on any atom is 0.171 e. The van der Waals surface area contributed by atoms with E-state index in [1.165, 1.54) is 12.8 Å². The van der Waals surface area contributed by atoms with Crippen molar-refractivity contribution in [2.24, 2.45) is 0 Å². The van der Waals surface area contributed by atoms with Crippen molar-refractivity contribution >= 4 is 23.4 Å². The number of rotatable bonds is 5. The molecule has 0 amide bonds. The summed E-state index contributed by atoms with van der Waals surface area (Å²) >= 11 is 1.95. The predicted octanol–water partition coefficient (Wildman–Crippen LogP) is 1.85. The third kappa shape index (κ3) is 2.40. The van der Waals surface area contributed by atoms with Gasteiger partial charge in [-0.1, -0.05) is 0 Å². The number of hydrogen-bond acceptors (Lipinski definition) is 5. The van der Waals surface area contributed by atoms with Crippen LogP contribution in [0.1, 0.15) is 12.8 Å². The van der Waals surface area contributed by atoms with Gasteiger partial charge in [0.15, 0.2) is 11.6 Å². The molecule has 0 saturated heterocycles. The Labute approximate surface area is 101 Å². The largest absolute Gasteiger partial charge is 0.366 e. The van der Waals surface area contributed by atoms with E-state index >= 15 is 0 Å². The second kappa shape index (κ2) is 4.49. The van der Waals surface area contributed by atoms with Crippen LogP contribution in [0.3, 0.4) is 0 Å². The molecule has 0 radical (unpaired) electrons. The quantitative estimate of drug-likeness (QED) is 0.848. The van der Waals surface area contributed by atoms with E-state index in [0.29, 0.717) is 4.75 Å². The third-order valence-electron chi connectivity index (χ3n) is 2.92. The normalized spacial score (nSPS) is 16.9. The van der Waals surface area contributed by atoms with Gasteiger partial charge in [0.25, 0.3) is 0 Å². The summed E-state index contributed by atoms with van der Waals surface area (Å²) in [5, 5.41) is 3.41. The fourth-order valence-corrected chi connectivity index (χ4v) is 2.35.